The quantitative estimate of drug-likeness (QED) is 0.524. The fourth-order valence-electron chi connectivity index (χ4n) is 3.77. The molecular weight excluding hydrogens is 432 g/mol. The van der Waals surface area contributed by atoms with Crippen molar-refractivity contribution in [1.82, 2.24) is 14.3 Å². The van der Waals surface area contributed by atoms with E-state index in [1.54, 1.807) is 17.2 Å². The average molecular weight is 459 g/mol. The Morgan fingerprint density at radius 3 is 2.97 bits per heavy atom. The Balaban J connectivity index is 1.78. The molecule has 4 rings (SSSR count). The number of fused-ring (bicyclic) bond motifs is 1. The van der Waals surface area contributed by atoms with Gasteiger partial charge in [-0.15, -0.1) is 0 Å². The largest absolute Gasteiger partial charge is 0.376 e. The van der Waals surface area contributed by atoms with Crippen LogP contribution in [0, 0.1) is 6.92 Å². The van der Waals surface area contributed by atoms with Crippen LogP contribution in [0.2, 0.25) is 0 Å². The minimum atomic E-state index is -0.225. The van der Waals surface area contributed by atoms with Crippen molar-refractivity contribution in [2.75, 3.05) is 18.5 Å². The second-order valence-corrected chi connectivity index (χ2v) is 9.56. The maximum Gasteiger partial charge on any atom is 0.267 e. The molecule has 0 radical (unpaired) electrons. The summed E-state index contributed by atoms with van der Waals surface area (Å²) in [4.78, 5) is 33.2. The van der Waals surface area contributed by atoms with Gasteiger partial charge in [-0.05, 0) is 50.8 Å². The van der Waals surface area contributed by atoms with Gasteiger partial charge in [-0.25, -0.2) is 4.98 Å². The van der Waals surface area contributed by atoms with Crippen LogP contribution < -0.4 is 10.9 Å². The number of carbonyl (C=O) groups excluding carboxylic acids is 1. The molecule has 7 nitrogen and oxygen atoms in total. The standard InChI is InChI=1S/C22H26N4O3S2/c1-4-14(3)26-21(28)17(31-22(26)30)11-16-18(23-12-15-8-6-10-29-15)24-19-13(2)7-5-9-25(19)20(16)27/h5,7,9,11,14-15,23H,4,6,8,10,12H2,1-3H3/b17-11+/t14-,15+/m0/s1. The number of amides is 1. The fourth-order valence-corrected chi connectivity index (χ4v) is 5.21. The number of ether oxygens (including phenoxy) is 1. The number of nitrogens with zero attached hydrogens (tertiary/aromatic N) is 3. The normalized spacial score (nSPS) is 21.5. The highest BCUT2D eigenvalue weighted by molar-refractivity contribution is 8.26. The monoisotopic (exact) mass is 458 g/mol. The molecule has 4 heterocycles. The zero-order valence-corrected chi connectivity index (χ0v) is 19.5. The molecule has 0 bridgehead atoms. The SMILES string of the molecule is CC[C@H](C)N1C(=O)/C(=C\c2c(NC[C@H]3CCCO3)nc3c(C)cccn3c2=O)SC1=S. The van der Waals surface area contributed by atoms with Gasteiger partial charge in [0.25, 0.3) is 11.5 Å². The van der Waals surface area contributed by atoms with E-state index in [4.69, 9.17) is 21.9 Å². The van der Waals surface area contributed by atoms with Crippen molar-refractivity contribution < 1.29 is 9.53 Å². The van der Waals surface area contributed by atoms with Crippen LogP contribution >= 0.6 is 24.0 Å². The summed E-state index contributed by atoms with van der Waals surface area (Å²) >= 11 is 6.66. The summed E-state index contributed by atoms with van der Waals surface area (Å²) in [5.74, 6) is 0.298. The summed E-state index contributed by atoms with van der Waals surface area (Å²) in [7, 11) is 0. The zero-order chi connectivity index (χ0) is 22.1. The first-order valence-corrected chi connectivity index (χ1v) is 11.8. The van der Waals surface area contributed by atoms with Gasteiger partial charge in [0.15, 0.2) is 0 Å². The van der Waals surface area contributed by atoms with Gasteiger partial charge in [-0.2, -0.15) is 0 Å². The lowest BCUT2D eigenvalue weighted by Crippen LogP contribution is -2.36. The van der Waals surface area contributed by atoms with Crippen LogP contribution in [0.4, 0.5) is 5.82 Å². The number of carbonyl (C=O) groups is 1. The summed E-state index contributed by atoms with van der Waals surface area (Å²) in [6.45, 7) is 7.22. The molecule has 0 saturated carbocycles. The number of anilines is 1. The average Bonchev–Trinajstić information content (AvgIpc) is 3.37. The first-order chi connectivity index (χ1) is 14.9. The van der Waals surface area contributed by atoms with E-state index in [9.17, 15) is 9.59 Å². The molecule has 2 aliphatic heterocycles. The summed E-state index contributed by atoms with van der Waals surface area (Å²) < 4.78 is 7.74. The van der Waals surface area contributed by atoms with E-state index in [0.29, 0.717) is 32.8 Å². The van der Waals surface area contributed by atoms with Crippen molar-refractivity contribution in [3.8, 4) is 0 Å². The lowest BCUT2D eigenvalue weighted by atomic mass is 10.2. The third kappa shape index (κ3) is 4.26. The van der Waals surface area contributed by atoms with E-state index >= 15 is 0 Å². The van der Waals surface area contributed by atoms with Gasteiger partial charge >= 0.3 is 0 Å². The topological polar surface area (TPSA) is 75.9 Å². The molecule has 1 N–H and O–H groups in total. The highest BCUT2D eigenvalue weighted by Crippen LogP contribution is 2.35. The predicted molar refractivity (Wildman–Crippen MR) is 128 cm³/mol. The number of rotatable bonds is 6. The second kappa shape index (κ2) is 9.10. The number of pyridine rings is 1. The predicted octanol–water partition coefficient (Wildman–Crippen LogP) is 3.59. The molecule has 2 saturated heterocycles. The number of thioether (sulfide) groups is 1. The summed E-state index contributed by atoms with van der Waals surface area (Å²) in [6, 6.07) is 3.74. The van der Waals surface area contributed by atoms with Crippen LogP contribution in [-0.4, -0.2) is 49.8 Å². The van der Waals surface area contributed by atoms with Crippen LogP contribution in [0.15, 0.2) is 28.0 Å². The van der Waals surface area contributed by atoms with Gasteiger partial charge < -0.3 is 10.1 Å². The second-order valence-electron chi connectivity index (χ2n) is 7.89. The van der Waals surface area contributed by atoms with Crippen molar-refractivity contribution in [2.24, 2.45) is 0 Å². The summed E-state index contributed by atoms with van der Waals surface area (Å²) in [6.07, 6.45) is 6.22. The molecular formula is C22H26N4O3S2. The van der Waals surface area contributed by atoms with Crippen LogP contribution in [-0.2, 0) is 9.53 Å². The Morgan fingerprint density at radius 2 is 2.26 bits per heavy atom. The lowest BCUT2D eigenvalue weighted by molar-refractivity contribution is -0.123. The highest BCUT2D eigenvalue weighted by Gasteiger charge is 2.35. The van der Waals surface area contributed by atoms with Crippen LogP contribution in [0.1, 0.15) is 44.2 Å². The highest BCUT2D eigenvalue weighted by atomic mass is 32.2. The minimum Gasteiger partial charge on any atom is -0.376 e. The first kappa shape index (κ1) is 22.0. The van der Waals surface area contributed by atoms with Gasteiger partial charge in [0, 0.05) is 25.4 Å². The molecule has 2 aliphatic rings. The van der Waals surface area contributed by atoms with Gasteiger partial charge in [0.1, 0.15) is 15.8 Å². The third-order valence-corrected chi connectivity index (χ3v) is 7.07. The summed E-state index contributed by atoms with van der Waals surface area (Å²) in [5.41, 5.74) is 1.61. The Kier molecular flexibility index (Phi) is 6.45. The number of nitrogens with one attached hydrogen (secondary N) is 1. The van der Waals surface area contributed by atoms with Crippen LogP contribution in [0.25, 0.3) is 11.7 Å². The number of thiocarbonyl (C=S) groups is 1. The van der Waals surface area contributed by atoms with E-state index in [1.165, 1.54) is 16.2 Å². The van der Waals surface area contributed by atoms with E-state index < -0.39 is 0 Å². The van der Waals surface area contributed by atoms with E-state index in [1.807, 2.05) is 32.9 Å². The van der Waals surface area contributed by atoms with Crippen molar-refractivity contribution in [1.29, 1.82) is 0 Å². The number of hydrogen-bond acceptors (Lipinski definition) is 7. The van der Waals surface area contributed by atoms with E-state index in [0.717, 1.165) is 31.4 Å². The molecule has 31 heavy (non-hydrogen) atoms. The molecule has 0 spiro atoms. The molecule has 2 aromatic heterocycles. The van der Waals surface area contributed by atoms with Crippen LogP contribution in [0.5, 0.6) is 0 Å². The Bertz CT molecular complexity index is 1120. The van der Waals surface area contributed by atoms with Gasteiger partial charge in [-0.1, -0.05) is 37.0 Å². The van der Waals surface area contributed by atoms with Gasteiger partial charge in [0.2, 0.25) is 0 Å². The molecule has 0 aliphatic carbocycles. The lowest BCUT2D eigenvalue weighted by Gasteiger charge is -2.21. The molecule has 2 aromatic rings. The third-order valence-electron chi connectivity index (χ3n) is 5.74. The van der Waals surface area contributed by atoms with Crippen molar-refractivity contribution in [3.63, 3.8) is 0 Å². The molecule has 1 amide bonds. The Morgan fingerprint density at radius 1 is 1.45 bits per heavy atom. The molecule has 2 fully saturated rings. The van der Waals surface area contributed by atoms with Crippen LogP contribution in [0.3, 0.4) is 0 Å². The maximum absolute atomic E-state index is 13.4. The number of hydrogen-bond donors (Lipinski definition) is 1. The molecule has 0 aromatic carbocycles. The number of aromatic nitrogens is 2. The van der Waals surface area contributed by atoms with E-state index in [2.05, 4.69) is 5.32 Å². The zero-order valence-electron chi connectivity index (χ0n) is 17.9. The molecule has 2 atom stereocenters. The minimum absolute atomic E-state index is 0.00832. The van der Waals surface area contributed by atoms with Crippen molar-refractivity contribution >= 4 is 51.7 Å². The Hall–Kier alpha value is -2.23. The molecule has 164 valence electrons. The van der Waals surface area contributed by atoms with Crippen molar-refractivity contribution in [3.05, 3.63) is 44.7 Å². The van der Waals surface area contributed by atoms with Gasteiger partial charge in [-0.3, -0.25) is 18.9 Å². The fraction of sp³-hybridized carbons (Fsp3) is 0.455. The summed E-state index contributed by atoms with van der Waals surface area (Å²) in [5, 5.41) is 3.30. The number of aryl methyl sites for hydroxylation is 1. The van der Waals surface area contributed by atoms with E-state index in [-0.39, 0.29) is 23.6 Å². The smallest absolute Gasteiger partial charge is 0.267 e. The van der Waals surface area contributed by atoms with Crippen molar-refractivity contribution in [2.45, 2.75) is 52.2 Å². The van der Waals surface area contributed by atoms with Gasteiger partial charge in [0.05, 0.1) is 16.6 Å². The Labute approximate surface area is 190 Å². The molecule has 0 unspecified atom stereocenters. The molecule has 9 heteroatoms. The maximum atomic E-state index is 13.4. The first-order valence-electron chi connectivity index (χ1n) is 10.5.